The Morgan fingerprint density at radius 2 is 2.27 bits per heavy atom. The van der Waals surface area contributed by atoms with Crippen molar-refractivity contribution in [3.63, 3.8) is 0 Å². The van der Waals surface area contributed by atoms with Crippen molar-refractivity contribution in [3.05, 3.63) is 11.9 Å². The van der Waals surface area contributed by atoms with Crippen LogP contribution in [-0.4, -0.2) is 24.1 Å². The van der Waals surface area contributed by atoms with Gasteiger partial charge >= 0.3 is 0 Å². The lowest BCUT2D eigenvalue weighted by Gasteiger charge is -2.04. The smallest absolute Gasteiger partial charge is 0.264 e. The molecular weight excluding hydrogens is 242 g/mol. The van der Waals surface area contributed by atoms with E-state index in [1.807, 2.05) is 0 Å². The first-order valence-corrected chi connectivity index (χ1v) is 6.33. The first kappa shape index (κ1) is 12.0. The highest BCUT2D eigenvalue weighted by atomic mass is 35.7. The van der Waals surface area contributed by atoms with Gasteiger partial charge in [-0.05, 0) is 0 Å². The Hall–Kier alpha value is -1.08. The Balaban J connectivity index is 3.05. The lowest BCUT2D eigenvalue weighted by atomic mass is 10.4. The standard InChI is InChI=1S/C7H10ClN3O3S/c1-5(12)9-3-6-7(15(8,13)14)4-10-11(6)2/h4H,3H2,1-2H3,(H,9,12). The molecule has 0 unspecified atom stereocenters. The molecule has 1 amide bonds. The number of rotatable bonds is 3. The summed E-state index contributed by atoms with van der Waals surface area (Å²) in [5, 5.41) is 6.24. The number of hydrogen-bond acceptors (Lipinski definition) is 4. The fraction of sp³-hybridized carbons (Fsp3) is 0.429. The maximum atomic E-state index is 11.1. The third kappa shape index (κ3) is 2.93. The molecule has 0 aliphatic heterocycles. The van der Waals surface area contributed by atoms with Crippen LogP contribution in [0.1, 0.15) is 12.6 Å². The molecule has 1 heterocycles. The van der Waals surface area contributed by atoms with E-state index in [9.17, 15) is 13.2 Å². The molecule has 0 aliphatic carbocycles. The topological polar surface area (TPSA) is 81.1 Å². The summed E-state index contributed by atoms with van der Waals surface area (Å²) in [5.41, 5.74) is 0.347. The van der Waals surface area contributed by atoms with Crippen molar-refractivity contribution in [2.75, 3.05) is 0 Å². The van der Waals surface area contributed by atoms with E-state index in [2.05, 4.69) is 10.4 Å². The second-order valence-electron chi connectivity index (χ2n) is 2.93. The number of hydrogen-bond donors (Lipinski definition) is 1. The van der Waals surface area contributed by atoms with Crippen molar-refractivity contribution >= 4 is 25.6 Å². The van der Waals surface area contributed by atoms with Crippen LogP contribution in [0.3, 0.4) is 0 Å². The minimum absolute atomic E-state index is 0.0765. The number of nitrogens with one attached hydrogen (secondary N) is 1. The summed E-state index contributed by atoms with van der Waals surface area (Å²) in [6, 6.07) is 0. The van der Waals surface area contributed by atoms with Crippen LogP contribution in [-0.2, 0) is 27.4 Å². The third-order valence-corrected chi connectivity index (χ3v) is 3.16. The van der Waals surface area contributed by atoms with E-state index >= 15 is 0 Å². The van der Waals surface area contributed by atoms with Gasteiger partial charge < -0.3 is 5.32 Å². The largest absolute Gasteiger partial charge is 0.351 e. The summed E-state index contributed by atoms with van der Waals surface area (Å²) in [6.45, 7) is 1.42. The lowest BCUT2D eigenvalue weighted by molar-refractivity contribution is -0.119. The van der Waals surface area contributed by atoms with Gasteiger partial charge in [-0.2, -0.15) is 5.10 Å². The van der Waals surface area contributed by atoms with Gasteiger partial charge in [-0.3, -0.25) is 9.48 Å². The van der Waals surface area contributed by atoms with Crippen LogP contribution in [0.25, 0.3) is 0 Å². The van der Waals surface area contributed by atoms with Crippen molar-refractivity contribution < 1.29 is 13.2 Å². The summed E-state index contributed by atoms with van der Waals surface area (Å²) in [4.78, 5) is 10.6. The van der Waals surface area contributed by atoms with Gasteiger partial charge in [0.15, 0.2) is 0 Å². The van der Waals surface area contributed by atoms with Gasteiger partial charge in [0, 0.05) is 24.7 Å². The highest BCUT2D eigenvalue weighted by Gasteiger charge is 2.19. The molecule has 0 fully saturated rings. The fourth-order valence-electron chi connectivity index (χ4n) is 1.06. The fourth-order valence-corrected chi connectivity index (χ4v) is 2.10. The summed E-state index contributed by atoms with van der Waals surface area (Å²) >= 11 is 0. The van der Waals surface area contributed by atoms with Crippen LogP contribution in [0.5, 0.6) is 0 Å². The van der Waals surface area contributed by atoms with E-state index in [4.69, 9.17) is 10.7 Å². The SMILES string of the molecule is CC(=O)NCc1c(S(=O)(=O)Cl)cnn1C. The zero-order chi connectivity index (χ0) is 11.6. The highest BCUT2D eigenvalue weighted by molar-refractivity contribution is 8.13. The molecule has 0 radical (unpaired) electrons. The molecule has 0 aliphatic rings. The summed E-state index contributed by atoms with van der Waals surface area (Å²) < 4.78 is 23.6. The summed E-state index contributed by atoms with van der Waals surface area (Å²) in [7, 11) is 2.95. The van der Waals surface area contributed by atoms with E-state index in [0.29, 0.717) is 5.69 Å². The molecule has 0 aromatic carbocycles. The molecular formula is C7H10ClN3O3S. The number of halogens is 1. The van der Waals surface area contributed by atoms with E-state index in [1.165, 1.54) is 11.6 Å². The molecule has 8 heteroatoms. The molecule has 0 spiro atoms. The van der Waals surface area contributed by atoms with Gasteiger partial charge in [0.25, 0.3) is 9.05 Å². The van der Waals surface area contributed by atoms with Gasteiger partial charge in [-0.1, -0.05) is 0 Å². The first-order chi connectivity index (χ1) is 6.82. The maximum absolute atomic E-state index is 11.1. The second-order valence-corrected chi connectivity index (χ2v) is 5.46. The van der Waals surface area contributed by atoms with Crippen LogP contribution in [0.15, 0.2) is 11.1 Å². The van der Waals surface area contributed by atoms with Gasteiger partial charge in [-0.25, -0.2) is 8.42 Å². The molecule has 0 saturated carbocycles. The van der Waals surface area contributed by atoms with Gasteiger partial charge in [0.2, 0.25) is 5.91 Å². The van der Waals surface area contributed by atoms with E-state index in [0.717, 1.165) is 6.20 Å². The lowest BCUT2D eigenvalue weighted by Crippen LogP contribution is -2.21. The predicted octanol–water partition coefficient (Wildman–Crippen LogP) is -0.0163. The molecule has 1 aromatic heterocycles. The highest BCUT2D eigenvalue weighted by Crippen LogP contribution is 2.18. The number of aryl methyl sites for hydroxylation is 1. The molecule has 1 rings (SSSR count). The number of nitrogens with zero attached hydrogens (tertiary/aromatic N) is 2. The zero-order valence-electron chi connectivity index (χ0n) is 8.19. The summed E-state index contributed by atoms with van der Waals surface area (Å²) in [6.07, 6.45) is 1.15. The summed E-state index contributed by atoms with van der Waals surface area (Å²) in [5.74, 6) is -0.255. The van der Waals surface area contributed by atoms with Gasteiger partial charge in [0.05, 0.1) is 18.4 Å². The van der Waals surface area contributed by atoms with Crippen LogP contribution < -0.4 is 5.32 Å². The Morgan fingerprint density at radius 1 is 1.67 bits per heavy atom. The van der Waals surface area contributed by atoms with Crippen molar-refractivity contribution in [3.8, 4) is 0 Å². The average molecular weight is 252 g/mol. The Kier molecular flexibility index (Phi) is 3.35. The average Bonchev–Trinajstić information content (AvgIpc) is 2.42. The van der Waals surface area contributed by atoms with E-state index < -0.39 is 9.05 Å². The predicted molar refractivity (Wildman–Crippen MR) is 53.8 cm³/mol. The zero-order valence-corrected chi connectivity index (χ0v) is 9.76. The molecule has 1 aromatic rings. The van der Waals surface area contributed by atoms with E-state index in [-0.39, 0.29) is 17.3 Å². The Bertz CT molecular complexity index is 480. The molecule has 6 nitrogen and oxygen atoms in total. The molecule has 15 heavy (non-hydrogen) atoms. The van der Waals surface area contributed by atoms with Crippen LogP contribution >= 0.6 is 10.7 Å². The van der Waals surface area contributed by atoms with Gasteiger partial charge in [-0.15, -0.1) is 0 Å². The second kappa shape index (κ2) is 4.19. The third-order valence-electron chi connectivity index (χ3n) is 1.79. The molecule has 0 bridgehead atoms. The van der Waals surface area contributed by atoms with E-state index in [1.54, 1.807) is 7.05 Å². The number of carbonyl (C=O) groups is 1. The number of amides is 1. The normalized spacial score (nSPS) is 11.4. The van der Waals surface area contributed by atoms with Crippen molar-refractivity contribution in [2.45, 2.75) is 18.4 Å². The Morgan fingerprint density at radius 3 is 2.73 bits per heavy atom. The van der Waals surface area contributed by atoms with Crippen LogP contribution in [0.4, 0.5) is 0 Å². The van der Waals surface area contributed by atoms with Gasteiger partial charge in [0.1, 0.15) is 4.90 Å². The monoisotopic (exact) mass is 251 g/mol. The number of aromatic nitrogens is 2. The number of carbonyl (C=O) groups excluding carboxylic acids is 1. The molecule has 84 valence electrons. The first-order valence-electron chi connectivity index (χ1n) is 4.02. The minimum Gasteiger partial charge on any atom is -0.351 e. The Labute approximate surface area is 91.6 Å². The molecule has 0 atom stereocenters. The minimum atomic E-state index is -3.82. The molecule has 0 saturated heterocycles. The van der Waals surface area contributed by atoms with Crippen molar-refractivity contribution in [1.82, 2.24) is 15.1 Å². The molecule has 1 N–H and O–H groups in total. The maximum Gasteiger partial charge on any atom is 0.264 e. The van der Waals surface area contributed by atoms with Crippen LogP contribution in [0, 0.1) is 0 Å². The van der Waals surface area contributed by atoms with Crippen molar-refractivity contribution in [2.24, 2.45) is 7.05 Å². The quantitative estimate of drug-likeness (QED) is 0.766. The van der Waals surface area contributed by atoms with Crippen molar-refractivity contribution in [1.29, 1.82) is 0 Å². The van der Waals surface area contributed by atoms with Crippen LogP contribution in [0.2, 0.25) is 0 Å².